The van der Waals surface area contributed by atoms with Gasteiger partial charge >= 0.3 is 0 Å². The Morgan fingerprint density at radius 2 is 1.75 bits per heavy atom. The second-order valence-electron chi connectivity index (χ2n) is 7.49. The first kappa shape index (κ1) is 19.1. The van der Waals surface area contributed by atoms with E-state index in [1.165, 1.54) is 5.56 Å². The van der Waals surface area contributed by atoms with Crippen LogP contribution in [0.15, 0.2) is 66.9 Å². The Balaban J connectivity index is 1.75. The number of nitriles is 1. The molecule has 3 aromatic rings. The fourth-order valence-corrected chi connectivity index (χ4v) is 2.73. The van der Waals surface area contributed by atoms with Gasteiger partial charge in [-0.25, -0.2) is 4.98 Å². The van der Waals surface area contributed by atoms with Gasteiger partial charge in [-0.15, -0.1) is 0 Å². The smallest absolute Gasteiger partial charge is 0.255 e. The van der Waals surface area contributed by atoms with Crippen LogP contribution < -0.4 is 10.6 Å². The van der Waals surface area contributed by atoms with Gasteiger partial charge < -0.3 is 10.6 Å². The van der Waals surface area contributed by atoms with Gasteiger partial charge in [-0.1, -0.05) is 45.0 Å². The molecule has 1 heterocycles. The van der Waals surface area contributed by atoms with Crippen LogP contribution in [0.3, 0.4) is 0 Å². The van der Waals surface area contributed by atoms with Crippen molar-refractivity contribution in [2.45, 2.75) is 26.2 Å². The summed E-state index contributed by atoms with van der Waals surface area (Å²) < 4.78 is 0. The van der Waals surface area contributed by atoms with Crippen molar-refractivity contribution in [3.8, 4) is 6.07 Å². The first-order valence-electron chi connectivity index (χ1n) is 9.01. The van der Waals surface area contributed by atoms with E-state index in [4.69, 9.17) is 5.26 Å². The predicted molar refractivity (Wildman–Crippen MR) is 112 cm³/mol. The van der Waals surface area contributed by atoms with Crippen molar-refractivity contribution in [1.29, 1.82) is 5.26 Å². The lowest BCUT2D eigenvalue weighted by Gasteiger charge is -2.19. The molecule has 0 atom stereocenters. The van der Waals surface area contributed by atoms with Gasteiger partial charge in [-0.2, -0.15) is 5.26 Å². The Hall–Kier alpha value is -3.65. The van der Waals surface area contributed by atoms with E-state index in [0.717, 1.165) is 5.69 Å². The highest BCUT2D eigenvalue weighted by Gasteiger charge is 2.13. The Morgan fingerprint density at radius 1 is 1.04 bits per heavy atom. The second-order valence-corrected chi connectivity index (χ2v) is 7.49. The molecular formula is C23H22N4O. The van der Waals surface area contributed by atoms with E-state index in [2.05, 4.69) is 54.6 Å². The van der Waals surface area contributed by atoms with Crippen LogP contribution in [0, 0.1) is 11.3 Å². The number of carbonyl (C=O) groups is 1. The summed E-state index contributed by atoms with van der Waals surface area (Å²) in [6.07, 6.45) is 1.58. The van der Waals surface area contributed by atoms with Crippen LogP contribution in [0.2, 0.25) is 0 Å². The highest BCUT2D eigenvalue weighted by Crippen LogP contribution is 2.25. The first-order valence-corrected chi connectivity index (χ1v) is 9.01. The first-order chi connectivity index (χ1) is 13.4. The summed E-state index contributed by atoms with van der Waals surface area (Å²) in [5.41, 5.74) is 3.59. The lowest BCUT2D eigenvalue weighted by molar-refractivity contribution is 0.102. The lowest BCUT2D eigenvalue weighted by Crippen LogP contribution is -2.13. The highest BCUT2D eigenvalue weighted by atomic mass is 16.1. The normalized spacial score (nSPS) is 10.8. The molecule has 0 radical (unpaired) electrons. The van der Waals surface area contributed by atoms with Gasteiger partial charge in [0.2, 0.25) is 0 Å². The van der Waals surface area contributed by atoms with Crippen LogP contribution in [0.1, 0.15) is 42.3 Å². The van der Waals surface area contributed by atoms with Crippen molar-refractivity contribution < 1.29 is 4.79 Å². The average Bonchev–Trinajstić information content (AvgIpc) is 2.68. The Labute approximate surface area is 165 Å². The minimum atomic E-state index is -0.295. The number of hydrogen-bond acceptors (Lipinski definition) is 4. The summed E-state index contributed by atoms with van der Waals surface area (Å²) in [5.74, 6) is 0.279. The lowest BCUT2D eigenvalue weighted by atomic mass is 9.87. The van der Waals surface area contributed by atoms with Crippen molar-refractivity contribution in [1.82, 2.24) is 4.98 Å². The van der Waals surface area contributed by atoms with E-state index in [0.29, 0.717) is 22.6 Å². The number of aromatic nitrogens is 1. The van der Waals surface area contributed by atoms with E-state index < -0.39 is 0 Å². The average molecular weight is 370 g/mol. The molecule has 0 bridgehead atoms. The maximum atomic E-state index is 12.6. The molecular weight excluding hydrogens is 348 g/mol. The van der Waals surface area contributed by atoms with Crippen molar-refractivity contribution in [2.75, 3.05) is 10.6 Å². The molecule has 3 rings (SSSR count). The SMILES string of the molecule is CC(C)(C)c1ccc(Nc2cc(C(=O)Nc3ccccc3C#N)ccn2)cc1. The molecule has 1 aromatic heterocycles. The van der Waals surface area contributed by atoms with Gasteiger partial charge in [0.25, 0.3) is 5.91 Å². The van der Waals surface area contributed by atoms with E-state index in [9.17, 15) is 4.79 Å². The van der Waals surface area contributed by atoms with Crippen LogP contribution in [0.25, 0.3) is 0 Å². The third-order valence-corrected chi connectivity index (χ3v) is 4.34. The van der Waals surface area contributed by atoms with E-state index in [1.807, 2.05) is 12.1 Å². The minimum absolute atomic E-state index is 0.0918. The third-order valence-electron chi connectivity index (χ3n) is 4.34. The topological polar surface area (TPSA) is 77.8 Å². The van der Waals surface area contributed by atoms with Crippen molar-refractivity contribution in [3.05, 3.63) is 83.6 Å². The van der Waals surface area contributed by atoms with Crippen LogP contribution in [-0.4, -0.2) is 10.9 Å². The van der Waals surface area contributed by atoms with Gasteiger partial charge in [0.05, 0.1) is 11.3 Å². The zero-order valence-electron chi connectivity index (χ0n) is 16.2. The quantitative estimate of drug-likeness (QED) is 0.658. The molecule has 1 amide bonds. The van der Waals surface area contributed by atoms with Crippen molar-refractivity contribution >= 4 is 23.1 Å². The number of amides is 1. The molecule has 140 valence electrons. The van der Waals surface area contributed by atoms with Gasteiger partial charge in [0.1, 0.15) is 11.9 Å². The number of hydrogen-bond donors (Lipinski definition) is 2. The predicted octanol–water partition coefficient (Wildman–Crippen LogP) is 5.25. The monoisotopic (exact) mass is 370 g/mol. The van der Waals surface area contributed by atoms with Crippen molar-refractivity contribution in [2.24, 2.45) is 0 Å². The van der Waals surface area contributed by atoms with Crippen LogP contribution in [-0.2, 0) is 5.41 Å². The largest absolute Gasteiger partial charge is 0.340 e. The molecule has 0 aliphatic heterocycles. The van der Waals surface area contributed by atoms with E-state index in [-0.39, 0.29) is 11.3 Å². The minimum Gasteiger partial charge on any atom is -0.340 e. The maximum Gasteiger partial charge on any atom is 0.255 e. The zero-order valence-corrected chi connectivity index (χ0v) is 16.2. The van der Waals surface area contributed by atoms with Crippen molar-refractivity contribution in [3.63, 3.8) is 0 Å². The summed E-state index contributed by atoms with van der Waals surface area (Å²) in [7, 11) is 0. The standard InChI is InChI=1S/C23H22N4O/c1-23(2,3)18-8-10-19(11-9-18)26-21-14-16(12-13-25-21)22(28)27-20-7-5-4-6-17(20)15-24/h4-14H,1-3H3,(H,25,26)(H,27,28). The van der Waals surface area contributed by atoms with Gasteiger partial charge in [0, 0.05) is 17.4 Å². The summed E-state index contributed by atoms with van der Waals surface area (Å²) >= 11 is 0. The number of anilines is 3. The summed E-state index contributed by atoms with van der Waals surface area (Å²) in [6, 6.07) is 20.4. The molecule has 2 N–H and O–H groups in total. The molecule has 0 aliphatic rings. The number of benzene rings is 2. The second kappa shape index (κ2) is 7.93. The fourth-order valence-electron chi connectivity index (χ4n) is 2.73. The molecule has 0 spiro atoms. The summed E-state index contributed by atoms with van der Waals surface area (Å²) in [6.45, 7) is 6.51. The molecule has 0 fully saturated rings. The molecule has 2 aromatic carbocycles. The van der Waals surface area contributed by atoms with Gasteiger partial charge in [-0.05, 0) is 47.4 Å². The molecule has 5 heteroatoms. The molecule has 0 saturated heterocycles. The Kier molecular flexibility index (Phi) is 5.42. The highest BCUT2D eigenvalue weighted by molar-refractivity contribution is 6.05. The fraction of sp³-hybridized carbons (Fsp3) is 0.174. The summed E-state index contributed by atoms with van der Waals surface area (Å²) in [4.78, 5) is 16.9. The molecule has 5 nitrogen and oxygen atoms in total. The maximum absolute atomic E-state index is 12.6. The Bertz CT molecular complexity index is 1030. The van der Waals surface area contributed by atoms with Gasteiger partial charge in [0.15, 0.2) is 0 Å². The number of nitrogens with zero attached hydrogens (tertiary/aromatic N) is 2. The number of para-hydroxylation sites is 1. The molecule has 0 aliphatic carbocycles. The van der Waals surface area contributed by atoms with Crippen LogP contribution in [0.5, 0.6) is 0 Å². The Morgan fingerprint density at radius 3 is 2.43 bits per heavy atom. The van der Waals surface area contributed by atoms with Crippen LogP contribution in [0.4, 0.5) is 17.2 Å². The van der Waals surface area contributed by atoms with Crippen LogP contribution >= 0.6 is 0 Å². The van der Waals surface area contributed by atoms with E-state index >= 15 is 0 Å². The summed E-state index contributed by atoms with van der Waals surface area (Å²) in [5, 5.41) is 15.2. The molecule has 0 saturated carbocycles. The molecule has 0 unspecified atom stereocenters. The third kappa shape index (κ3) is 4.54. The molecule has 28 heavy (non-hydrogen) atoms. The number of rotatable bonds is 4. The number of nitrogens with one attached hydrogen (secondary N) is 2. The van der Waals surface area contributed by atoms with Gasteiger partial charge in [-0.3, -0.25) is 4.79 Å². The number of carbonyl (C=O) groups excluding carboxylic acids is 1. The zero-order chi connectivity index (χ0) is 20.1. The number of pyridine rings is 1. The van der Waals surface area contributed by atoms with E-state index in [1.54, 1.807) is 42.6 Å².